The largest absolute Gasteiger partial charge is 0.375 e. The lowest BCUT2D eigenvalue weighted by Crippen LogP contribution is -1.88. The summed E-state index contributed by atoms with van der Waals surface area (Å²) in [6, 6.07) is 8.52. The molecule has 3 rings (SSSR count). The SMILES string of the molecule is Nc1nc(-c2ccccc2C2CC2)cs1. The lowest BCUT2D eigenvalue weighted by molar-refractivity contribution is 1.13. The van der Waals surface area contributed by atoms with Crippen molar-refractivity contribution in [1.29, 1.82) is 0 Å². The van der Waals surface area contributed by atoms with Crippen LogP contribution in [0.5, 0.6) is 0 Å². The van der Waals surface area contributed by atoms with Crippen molar-refractivity contribution < 1.29 is 0 Å². The number of benzene rings is 1. The molecule has 15 heavy (non-hydrogen) atoms. The maximum atomic E-state index is 5.67. The molecule has 0 spiro atoms. The van der Waals surface area contributed by atoms with Crippen LogP contribution >= 0.6 is 11.3 Å². The van der Waals surface area contributed by atoms with E-state index in [2.05, 4.69) is 29.2 Å². The molecule has 1 aliphatic carbocycles. The first-order valence-electron chi connectivity index (χ1n) is 5.15. The summed E-state index contributed by atoms with van der Waals surface area (Å²) >= 11 is 1.51. The van der Waals surface area contributed by atoms with Gasteiger partial charge in [0.2, 0.25) is 0 Å². The summed E-state index contributed by atoms with van der Waals surface area (Å²) in [4.78, 5) is 4.35. The molecule has 0 unspecified atom stereocenters. The van der Waals surface area contributed by atoms with E-state index in [-0.39, 0.29) is 0 Å². The van der Waals surface area contributed by atoms with Gasteiger partial charge in [-0.05, 0) is 24.3 Å². The summed E-state index contributed by atoms with van der Waals surface area (Å²) in [5.41, 5.74) is 9.38. The zero-order valence-electron chi connectivity index (χ0n) is 8.31. The molecular formula is C12H12N2S. The van der Waals surface area contributed by atoms with E-state index in [0.717, 1.165) is 11.6 Å². The van der Waals surface area contributed by atoms with Crippen molar-refractivity contribution in [3.05, 3.63) is 35.2 Å². The molecule has 1 aliphatic rings. The lowest BCUT2D eigenvalue weighted by atomic mass is 10.0. The van der Waals surface area contributed by atoms with Gasteiger partial charge in [-0.1, -0.05) is 24.3 Å². The zero-order chi connectivity index (χ0) is 10.3. The predicted molar refractivity (Wildman–Crippen MR) is 63.9 cm³/mol. The Bertz CT molecular complexity index is 486. The van der Waals surface area contributed by atoms with Crippen molar-refractivity contribution in [1.82, 2.24) is 4.98 Å². The second kappa shape index (κ2) is 3.35. The molecule has 1 fully saturated rings. The van der Waals surface area contributed by atoms with Crippen LogP contribution < -0.4 is 5.73 Å². The average molecular weight is 216 g/mol. The van der Waals surface area contributed by atoms with Crippen LogP contribution in [0.3, 0.4) is 0 Å². The number of hydrogen-bond donors (Lipinski definition) is 1. The highest BCUT2D eigenvalue weighted by atomic mass is 32.1. The minimum Gasteiger partial charge on any atom is -0.375 e. The first kappa shape index (κ1) is 8.92. The van der Waals surface area contributed by atoms with E-state index in [4.69, 9.17) is 5.73 Å². The van der Waals surface area contributed by atoms with Gasteiger partial charge in [-0.15, -0.1) is 11.3 Å². The van der Waals surface area contributed by atoms with Crippen molar-refractivity contribution in [2.75, 3.05) is 5.73 Å². The van der Waals surface area contributed by atoms with Gasteiger partial charge < -0.3 is 5.73 Å². The van der Waals surface area contributed by atoms with Gasteiger partial charge in [-0.25, -0.2) is 4.98 Å². The average Bonchev–Trinajstić information content (AvgIpc) is 3.02. The quantitative estimate of drug-likeness (QED) is 0.836. The van der Waals surface area contributed by atoms with Crippen molar-refractivity contribution >= 4 is 16.5 Å². The van der Waals surface area contributed by atoms with E-state index >= 15 is 0 Å². The van der Waals surface area contributed by atoms with E-state index < -0.39 is 0 Å². The summed E-state index contributed by atoms with van der Waals surface area (Å²) < 4.78 is 0. The van der Waals surface area contributed by atoms with Crippen LogP contribution in [0.25, 0.3) is 11.3 Å². The number of nitrogens with zero attached hydrogens (tertiary/aromatic N) is 1. The van der Waals surface area contributed by atoms with E-state index in [9.17, 15) is 0 Å². The molecule has 76 valence electrons. The molecule has 0 aliphatic heterocycles. The van der Waals surface area contributed by atoms with E-state index in [1.165, 1.54) is 35.3 Å². The molecule has 2 nitrogen and oxygen atoms in total. The van der Waals surface area contributed by atoms with E-state index in [1.54, 1.807) is 0 Å². The van der Waals surface area contributed by atoms with Crippen molar-refractivity contribution in [2.24, 2.45) is 0 Å². The van der Waals surface area contributed by atoms with Gasteiger partial charge in [0, 0.05) is 10.9 Å². The molecule has 1 aromatic heterocycles. The Morgan fingerprint density at radius 3 is 2.73 bits per heavy atom. The molecule has 0 radical (unpaired) electrons. The summed E-state index contributed by atoms with van der Waals surface area (Å²) in [6.45, 7) is 0. The first-order chi connectivity index (χ1) is 7.34. The molecule has 1 heterocycles. The van der Waals surface area contributed by atoms with Crippen LogP contribution in [0.4, 0.5) is 5.13 Å². The van der Waals surface area contributed by atoms with Gasteiger partial charge in [-0.3, -0.25) is 0 Å². The maximum Gasteiger partial charge on any atom is 0.180 e. The van der Waals surface area contributed by atoms with Crippen LogP contribution in [0.2, 0.25) is 0 Å². The Balaban J connectivity index is 2.10. The molecule has 1 saturated carbocycles. The topological polar surface area (TPSA) is 38.9 Å². The third-order valence-corrected chi connectivity index (χ3v) is 3.45. The van der Waals surface area contributed by atoms with Crippen LogP contribution in [-0.4, -0.2) is 4.98 Å². The third-order valence-electron chi connectivity index (χ3n) is 2.78. The highest BCUT2D eigenvalue weighted by Crippen LogP contribution is 2.44. The number of aromatic nitrogens is 1. The number of nitrogens with two attached hydrogens (primary N) is 1. The Morgan fingerprint density at radius 2 is 2.07 bits per heavy atom. The summed E-state index contributed by atoms with van der Waals surface area (Å²) in [7, 11) is 0. The standard InChI is InChI=1S/C12H12N2S/c13-12-14-11(7-15-12)10-4-2-1-3-9(10)8-5-6-8/h1-4,7-8H,5-6H2,(H2,13,14). The Kier molecular flexibility index (Phi) is 1.99. The highest BCUT2D eigenvalue weighted by molar-refractivity contribution is 7.13. The number of thiazole rings is 1. The molecule has 0 atom stereocenters. The van der Waals surface area contributed by atoms with Crippen LogP contribution in [0, 0.1) is 0 Å². The third kappa shape index (κ3) is 1.63. The van der Waals surface area contributed by atoms with Crippen molar-refractivity contribution in [3.8, 4) is 11.3 Å². The smallest absolute Gasteiger partial charge is 0.180 e. The summed E-state index contributed by atoms with van der Waals surface area (Å²) in [6.07, 6.45) is 2.63. The zero-order valence-corrected chi connectivity index (χ0v) is 9.13. The monoisotopic (exact) mass is 216 g/mol. The Labute approximate surface area is 92.8 Å². The summed E-state index contributed by atoms with van der Waals surface area (Å²) in [5.74, 6) is 0.754. The van der Waals surface area contributed by atoms with Gasteiger partial charge in [-0.2, -0.15) is 0 Å². The van der Waals surface area contributed by atoms with Crippen molar-refractivity contribution in [2.45, 2.75) is 18.8 Å². The molecule has 0 amide bonds. The van der Waals surface area contributed by atoms with Crippen LogP contribution in [-0.2, 0) is 0 Å². The predicted octanol–water partition coefficient (Wildman–Crippen LogP) is 3.27. The second-order valence-electron chi connectivity index (χ2n) is 3.93. The normalized spacial score (nSPS) is 15.5. The minimum atomic E-state index is 0.649. The maximum absolute atomic E-state index is 5.67. The fraction of sp³-hybridized carbons (Fsp3) is 0.250. The molecule has 3 heteroatoms. The highest BCUT2D eigenvalue weighted by Gasteiger charge is 2.26. The van der Waals surface area contributed by atoms with Crippen LogP contribution in [0.1, 0.15) is 24.3 Å². The van der Waals surface area contributed by atoms with E-state index in [1.807, 2.05) is 5.38 Å². The van der Waals surface area contributed by atoms with Crippen molar-refractivity contribution in [3.63, 3.8) is 0 Å². The molecule has 1 aromatic carbocycles. The molecule has 0 saturated heterocycles. The lowest BCUT2D eigenvalue weighted by Gasteiger charge is -2.04. The molecule has 2 N–H and O–H groups in total. The van der Waals surface area contributed by atoms with Gasteiger partial charge in [0.1, 0.15) is 0 Å². The number of rotatable bonds is 2. The minimum absolute atomic E-state index is 0.649. The Morgan fingerprint density at radius 1 is 1.27 bits per heavy atom. The van der Waals surface area contributed by atoms with Gasteiger partial charge in [0.15, 0.2) is 5.13 Å². The number of hydrogen-bond acceptors (Lipinski definition) is 3. The fourth-order valence-electron chi connectivity index (χ4n) is 1.89. The van der Waals surface area contributed by atoms with Gasteiger partial charge in [0.05, 0.1) is 5.69 Å². The van der Waals surface area contributed by atoms with Gasteiger partial charge in [0.25, 0.3) is 0 Å². The summed E-state index contributed by atoms with van der Waals surface area (Å²) in [5, 5.41) is 2.69. The van der Waals surface area contributed by atoms with E-state index in [0.29, 0.717) is 5.13 Å². The Hall–Kier alpha value is -1.35. The molecular weight excluding hydrogens is 204 g/mol. The molecule has 0 bridgehead atoms. The number of anilines is 1. The van der Waals surface area contributed by atoms with Gasteiger partial charge >= 0.3 is 0 Å². The van der Waals surface area contributed by atoms with Crippen LogP contribution in [0.15, 0.2) is 29.6 Å². The second-order valence-corrected chi connectivity index (χ2v) is 4.82. The molecule has 2 aromatic rings. The number of nitrogen functional groups attached to an aromatic ring is 1. The fourth-order valence-corrected chi connectivity index (χ4v) is 2.46. The first-order valence-corrected chi connectivity index (χ1v) is 6.03.